The molecule has 0 aliphatic heterocycles. The number of phenolic OH excluding ortho intramolecular Hbond substituents is 2. The van der Waals surface area contributed by atoms with E-state index in [1.54, 1.807) is 18.3 Å². The van der Waals surface area contributed by atoms with E-state index in [-0.39, 0.29) is 23.3 Å². The molecule has 0 radical (unpaired) electrons. The predicted molar refractivity (Wildman–Crippen MR) is 103 cm³/mol. The van der Waals surface area contributed by atoms with Crippen molar-refractivity contribution in [2.24, 2.45) is 5.92 Å². The van der Waals surface area contributed by atoms with Gasteiger partial charge in [-0.05, 0) is 74.1 Å². The maximum atomic E-state index is 10.7. The molecule has 26 heavy (non-hydrogen) atoms. The second kappa shape index (κ2) is 6.96. The number of aryl methyl sites for hydroxylation is 1. The zero-order chi connectivity index (χ0) is 19.0. The molecule has 0 fully saturated rings. The molecule has 0 bridgehead atoms. The Bertz CT molecular complexity index is 862. The SMILES string of the molecule is C=C(C)[C@@H]1C[C@H](O)C(C)=C[C@H]1c1c(O)cc(-c2ccnc(C)c2)cc1O. The molecule has 2 aromatic rings. The number of allylic oxidation sites excluding steroid dienone is 2. The summed E-state index contributed by atoms with van der Waals surface area (Å²) >= 11 is 0. The number of hydrogen-bond acceptors (Lipinski definition) is 4. The fourth-order valence-corrected chi connectivity index (χ4v) is 3.73. The van der Waals surface area contributed by atoms with Gasteiger partial charge < -0.3 is 15.3 Å². The van der Waals surface area contributed by atoms with Crippen molar-refractivity contribution in [3.05, 3.63) is 65.5 Å². The zero-order valence-corrected chi connectivity index (χ0v) is 15.4. The molecule has 3 atom stereocenters. The van der Waals surface area contributed by atoms with Crippen LogP contribution in [0, 0.1) is 12.8 Å². The predicted octanol–water partition coefficient (Wildman–Crippen LogP) is 4.46. The Morgan fingerprint density at radius 1 is 1.12 bits per heavy atom. The first-order chi connectivity index (χ1) is 12.3. The maximum Gasteiger partial charge on any atom is 0.123 e. The summed E-state index contributed by atoms with van der Waals surface area (Å²) < 4.78 is 0. The number of pyridine rings is 1. The van der Waals surface area contributed by atoms with Crippen molar-refractivity contribution >= 4 is 0 Å². The molecule has 136 valence electrons. The lowest BCUT2D eigenvalue weighted by atomic mass is 9.72. The van der Waals surface area contributed by atoms with Crippen LogP contribution in [0.5, 0.6) is 11.5 Å². The summed E-state index contributed by atoms with van der Waals surface area (Å²) in [6.45, 7) is 9.72. The third kappa shape index (κ3) is 3.37. The number of aliphatic hydroxyl groups excluding tert-OH is 1. The van der Waals surface area contributed by atoms with Crippen LogP contribution in [0.4, 0.5) is 0 Å². The van der Waals surface area contributed by atoms with Gasteiger partial charge in [0.1, 0.15) is 11.5 Å². The summed E-state index contributed by atoms with van der Waals surface area (Å²) in [6, 6.07) is 7.10. The molecule has 1 aromatic carbocycles. The minimum atomic E-state index is -0.517. The van der Waals surface area contributed by atoms with Crippen molar-refractivity contribution < 1.29 is 15.3 Å². The van der Waals surface area contributed by atoms with E-state index in [1.165, 1.54) is 0 Å². The van der Waals surface area contributed by atoms with E-state index in [9.17, 15) is 15.3 Å². The summed E-state index contributed by atoms with van der Waals surface area (Å²) in [7, 11) is 0. The van der Waals surface area contributed by atoms with Gasteiger partial charge in [0.15, 0.2) is 0 Å². The molecule has 0 unspecified atom stereocenters. The number of nitrogens with zero attached hydrogens (tertiary/aromatic N) is 1. The van der Waals surface area contributed by atoms with E-state index in [4.69, 9.17) is 0 Å². The maximum absolute atomic E-state index is 10.7. The lowest BCUT2D eigenvalue weighted by Crippen LogP contribution is -2.26. The molecule has 1 aliphatic carbocycles. The van der Waals surface area contributed by atoms with Crippen molar-refractivity contribution in [1.82, 2.24) is 4.98 Å². The first-order valence-electron chi connectivity index (χ1n) is 8.78. The van der Waals surface area contributed by atoms with Gasteiger partial charge in [-0.25, -0.2) is 0 Å². The van der Waals surface area contributed by atoms with Gasteiger partial charge in [0, 0.05) is 23.4 Å². The fourth-order valence-electron chi connectivity index (χ4n) is 3.73. The highest BCUT2D eigenvalue weighted by atomic mass is 16.3. The third-order valence-electron chi connectivity index (χ3n) is 5.21. The van der Waals surface area contributed by atoms with Crippen molar-refractivity contribution in [2.75, 3.05) is 0 Å². The molecule has 3 N–H and O–H groups in total. The average Bonchev–Trinajstić information content (AvgIpc) is 2.56. The van der Waals surface area contributed by atoms with Crippen LogP contribution in [-0.2, 0) is 0 Å². The van der Waals surface area contributed by atoms with Crippen LogP contribution in [0.1, 0.15) is 37.4 Å². The highest BCUT2D eigenvalue weighted by molar-refractivity contribution is 5.69. The fraction of sp³-hybridized carbons (Fsp3) is 0.318. The van der Waals surface area contributed by atoms with Gasteiger partial charge >= 0.3 is 0 Å². The third-order valence-corrected chi connectivity index (χ3v) is 5.21. The van der Waals surface area contributed by atoms with Gasteiger partial charge in [-0.3, -0.25) is 4.98 Å². The van der Waals surface area contributed by atoms with Crippen LogP contribution in [0.25, 0.3) is 11.1 Å². The van der Waals surface area contributed by atoms with E-state index in [0.29, 0.717) is 12.0 Å². The zero-order valence-electron chi connectivity index (χ0n) is 15.4. The molecule has 0 saturated heterocycles. The molecule has 0 amide bonds. The molecule has 3 rings (SSSR count). The van der Waals surface area contributed by atoms with Crippen molar-refractivity contribution in [3.8, 4) is 22.6 Å². The number of phenols is 2. The molecule has 1 aromatic heterocycles. The quantitative estimate of drug-likeness (QED) is 0.714. The smallest absolute Gasteiger partial charge is 0.123 e. The second-order valence-corrected chi connectivity index (χ2v) is 7.25. The number of hydrogen-bond donors (Lipinski definition) is 3. The molecule has 4 heteroatoms. The number of aromatic nitrogens is 1. The largest absolute Gasteiger partial charge is 0.507 e. The van der Waals surface area contributed by atoms with Crippen LogP contribution < -0.4 is 0 Å². The first kappa shape index (κ1) is 18.2. The number of aliphatic hydroxyl groups is 1. The summed E-state index contributed by atoms with van der Waals surface area (Å²) in [5.74, 6) is -0.166. The minimum absolute atomic E-state index is 0.0421. The Kier molecular flexibility index (Phi) is 4.88. The van der Waals surface area contributed by atoms with Crippen LogP contribution in [0.2, 0.25) is 0 Å². The van der Waals surface area contributed by atoms with Crippen molar-refractivity contribution in [3.63, 3.8) is 0 Å². The Balaban J connectivity index is 2.09. The molecule has 1 aliphatic rings. The highest BCUT2D eigenvalue weighted by Gasteiger charge is 2.33. The molecular weight excluding hydrogens is 326 g/mol. The van der Waals surface area contributed by atoms with Crippen LogP contribution in [0.15, 0.2) is 54.3 Å². The first-order valence-corrected chi connectivity index (χ1v) is 8.78. The van der Waals surface area contributed by atoms with E-state index in [0.717, 1.165) is 28.0 Å². The Morgan fingerprint density at radius 2 is 1.77 bits per heavy atom. The average molecular weight is 351 g/mol. The van der Waals surface area contributed by atoms with Gasteiger partial charge in [0.25, 0.3) is 0 Å². The topological polar surface area (TPSA) is 73.6 Å². The molecule has 0 spiro atoms. The van der Waals surface area contributed by atoms with Crippen molar-refractivity contribution in [1.29, 1.82) is 0 Å². The molecular formula is C22H25NO3. The van der Waals surface area contributed by atoms with E-state index in [2.05, 4.69) is 11.6 Å². The standard InChI is InChI=1S/C22H25NO3/c1-12(2)17-11-19(24)13(3)7-18(17)22-20(25)9-16(10-21(22)26)15-5-6-23-14(4)8-15/h5-10,17-19,24-26H,1,11H2,2-4H3/t17-,18+,19-/m0/s1. The normalized spacial score (nSPS) is 22.8. The molecule has 4 nitrogen and oxygen atoms in total. The van der Waals surface area contributed by atoms with Crippen LogP contribution in [-0.4, -0.2) is 26.4 Å². The molecule has 1 heterocycles. The summed E-state index contributed by atoms with van der Waals surface area (Å²) in [4.78, 5) is 4.18. The number of aromatic hydroxyl groups is 2. The highest BCUT2D eigenvalue weighted by Crippen LogP contribution is 2.47. The lowest BCUT2D eigenvalue weighted by molar-refractivity contribution is 0.168. The summed E-state index contributed by atoms with van der Waals surface area (Å²) in [5, 5.41) is 31.6. The Hall–Kier alpha value is -2.59. The summed E-state index contributed by atoms with van der Waals surface area (Å²) in [6.07, 6.45) is 3.65. The van der Waals surface area contributed by atoms with E-state index < -0.39 is 6.10 Å². The Morgan fingerprint density at radius 3 is 2.35 bits per heavy atom. The van der Waals surface area contributed by atoms with Gasteiger partial charge in [-0.1, -0.05) is 18.2 Å². The van der Waals surface area contributed by atoms with Crippen LogP contribution in [0.3, 0.4) is 0 Å². The Labute approximate surface area is 154 Å². The number of benzene rings is 1. The second-order valence-electron chi connectivity index (χ2n) is 7.25. The summed E-state index contributed by atoms with van der Waals surface area (Å²) in [5.41, 5.74) is 4.74. The van der Waals surface area contributed by atoms with Crippen molar-refractivity contribution in [2.45, 2.75) is 39.2 Å². The monoisotopic (exact) mass is 351 g/mol. The van der Waals surface area contributed by atoms with Gasteiger partial charge in [-0.2, -0.15) is 0 Å². The van der Waals surface area contributed by atoms with Gasteiger partial charge in [0.2, 0.25) is 0 Å². The van der Waals surface area contributed by atoms with Gasteiger partial charge in [-0.15, -0.1) is 0 Å². The van der Waals surface area contributed by atoms with E-state index in [1.807, 2.05) is 39.0 Å². The minimum Gasteiger partial charge on any atom is -0.507 e. The lowest BCUT2D eigenvalue weighted by Gasteiger charge is -2.34. The molecule has 0 saturated carbocycles. The van der Waals surface area contributed by atoms with Gasteiger partial charge in [0.05, 0.1) is 6.10 Å². The number of rotatable bonds is 3. The van der Waals surface area contributed by atoms with Crippen LogP contribution >= 0.6 is 0 Å². The van der Waals surface area contributed by atoms with E-state index >= 15 is 0 Å².